The number of ether oxygens (including phenoxy) is 3. The van der Waals surface area contributed by atoms with Crippen molar-refractivity contribution < 1.29 is 19.3 Å². The van der Waals surface area contributed by atoms with Crippen molar-refractivity contribution in [3.8, 4) is 5.75 Å². The molecule has 0 radical (unpaired) electrons. The molecule has 0 aliphatic carbocycles. The van der Waals surface area contributed by atoms with Crippen molar-refractivity contribution in [1.29, 1.82) is 0 Å². The van der Waals surface area contributed by atoms with E-state index in [-0.39, 0.29) is 6.61 Å². The Labute approximate surface area is 225 Å². The summed E-state index contributed by atoms with van der Waals surface area (Å²) in [5.74, 6) is 0.109. The van der Waals surface area contributed by atoms with Crippen LogP contribution in [0.3, 0.4) is 0 Å². The topological polar surface area (TPSA) is 103 Å². The van der Waals surface area contributed by atoms with Crippen LogP contribution in [0.1, 0.15) is 22.9 Å². The molecule has 0 saturated carbocycles. The molecule has 2 heterocycles. The second kappa shape index (κ2) is 11.2. The largest absolute Gasteiger partial charge is 0.497 e. The zero-order valence-electron chi connectivity index (χ0n) is 21.5. The minimum atomic E-state index is -1.05. The standard InChI is InChI=1S/C31H30N2O6/c1-3-25-28(35)26(39-29(25)33-19-18-27(34)32-30(33)36)20-38-31(21-10-6-4-7-11-21,22-12-8-5-9-13-22)23-14-16-24(37-2)17-15-23/h3-19,25-26,28-29,35H,1,20H2,2H3,(H,32,34,36)/t25-,26-,28+,29-/m1/s1. The van der Waals surface area contributed by atoms with E-state index in [2.05, 4.69) is 11.6 Å². The summed E-state index contributed by atoms with van der Waals surface area (Å²) >= 11 is 0. The first-order valence-corrected chi connectivity index (χ1v) is 12.6. The van der Waals surface area contributed by atoms with Gasteiger partial charge in [-0.1, -0.05) is 78.9 Å². The Balaban J connectivity index is 1.55. The molecule has 1 fully saturated rings. The van der Waals surface area contributed by atoms with Crippen LogP contribution in [0.15, 0.2) is 119 Å². The fourth-order valence-electron chi connectivity index (χ4n) is 5.17. The molecule has 0 unspecified atom stereocenters. The van der Waals surface area contributed by atoms with Crippen LogP contribution >= 0.6 is 0 Å². The Bertz CT molecular complexity index is 1480. The van der Waals surface area contributed by atoms with E-state index in [9.17, 15) is 14.7 Å². The van der Waals surface area contributed by atoms with Crippen LogP contribution in [-0.4, -0.2) is 40.6 Å². The number of aromatic nitrogens is 2. The summed E-state index contributed by atoms with van der Waals surface area (Å²) < 4.78 is 19.7. The summed E-state index contributed by atoms with van der Waals surface area (Å²) in [6.07, 6.45) is 0.249. The van der Waals surface area contributed by atoms with Gasteiger partial charge in [0.25, 0.3) is 5.56 Å². The van der Waals surface area contributed by atoms with E-state index >= 15 is 0 Å². The quantitative estimate of drug-likeness (QED) is 0.255. The third-order valence-corrected chi connectivity index (χ3v) is 7.14. The number of aliphatic hydroxyl groups is 1. The maximum absolute atomic E-state index is 12.5. The van der Waals surface area contributed by atoms with E-state index in [1.165, 1.54) is 16.8 Å². The van der Waals surface area contributed by atoms with Gasteiger partial charge in [0, 0.05) is 12.3 Å². The van der Waals surface area contributed by atoms with Gasteiger partial charge >= 0.3 is 5.69 Å². The van der Waals surface area contributed by atoms with Gasteiger partial charge in [0.15, 0.2) is 0 Å². The number of aliphatic hydroxyl groups excluding tert-OH is 1. The second-order valence-electron chi connectivity index (χ2n) is 9.34. The molecule has 1 aromatic heterocycles. The third-order valence-electron chi connectivity index (χ3n) is 7.14. The summed E-state index contributed by atoms with van der Waals surface area (Å²) in [4.78, 5) is 26.3. The molecule has 5 rings (SSSR count). The SMILES string of the molecule is C=C[C@@H]1[C@H](O)[C@@H](COC(c2ccccc2)(c2ccccc2)c2ccc(OC)cc2)O[C@H]1n1ccc(=O)[nH]c1=O. The number of rotatable bonds is 9. The molecule has 2 N–H and O–H groups in total. The first-order chi connectivity index (χ1) is 19.0. The van der Waals surface area contributed by atoms with E-state index in [4.69, 9.17) is 14.2 Å². The minimum Gasteiger partial charge on any atom is -0.497 e. The molecule has 39 heavy (non-hydrogen) atoms. The highest BCUT2D eigenvalue weighted by atomic mass is 16.6. The summed E-state index contributed by atoms with van der Waals surface area (Å²) in [6, 6.07) is 28.6. The molecule has 1 aliphatic heterocycles. The number of hydrogen-bond donors (Lipinski definition) is 2. The Kier molecular flexibility index (Phi) is 7.60. The lowest BCUT2D eigenvalue weighted by Crippen LogP contribution is -2.38. The second-order valence-corrected chi connectivity index (χ2v) is 9.34. The van der Waals surface area contributed by atoms with Crippen LogP contribution in [-0.2, 0) is 15.1 Å². The zero-order chi connectivity index (χ0) is 27.4. The molecular weight excluding hydrogens is 496 g/mol. The molecule has 8 nitrogen and oxygen atoms in total. The van der Waals surface area contributed by atoms with Gasteiger partial charge in [0.05, 0.1) is 25.7 Å². The predicted octanol–water partition coefficient (Wildman–Crippen LogP) is 3.61. The monoisotopic (exact) mass is 526 g/mol. The number of methoxy groups -OCH3 is 1. The van der Waals surface area contributed by atoms with Crippen LogP contribution in [0.5, 0.6) is 5.75 Å². The molecule has 1 aliphatic rings. The first-order valence-electron chi connectivity index (χ1n) is 12.6. The Morgan fingerprint density at radius 2 is 1.54 bits per heavy atom. The number of H-pyrrole nitrogens is 1. The lowest BCUT2D eigenvalue weighted by molar-refractivity contribution is -0.0947. The number of hydrogen-bond acceptors (Lipinski definition) is 6. The van der Waals surface area contributed by atoms with Crippen LogP contribution in [0.2, 0.25) is 0 Å². The van der Waals surface area contributed by atoms with Crippen molar-refractivity contribution in [1.82, 2.24) is 9.55 Å². The highest BCUT2D eigenvalue weighted by Crippen LogP contribution is 2.43. The maximum Gasteiger partial charge on any atom is 0.330 e. The highest BCUT2D eigenvalue weighted by Gasteiger charge is 2.46. The molecule has 4 atom stereocenters. The third kappa shape index (κ3) is 4.97. The van der Waals surface area contributed by atoms with Crippen molar-refractivity contribution in [2.45, 2.75) is 24.0 Å². The average Bonchev–Trinajstić information content (AvgIpc) is 3.29. The number of nitrogens with one attached hydrogen (secondary N) is 1. The Hall–Kier alpha value is -4.24. The molecule has 3 aromatic carbocycles. The molecular formula is C31H30N2O6. The van der Waals surface area contributed by atoms with E-state index in [1.54, 1.807) is 13.2 Å². The smallest absolute Gasteiger partial charge is 0.330 e. The van der Waals surface area contributed by atoms with Gasteiger partial charge in [0.2, 0.25) is 0 Å². The fourth-order valence-corrected chi connectivity index (χ4v) is 5.17. The van der Waals surface area contributed by atoms with Gasteiger partial charge in [-0.05, 0) is 28.8 Å². The van der Waals surface area contributed by atoms with Crippen LogP contribution in [0, 0.1) is 5.92 Å². The summed E-state index contributed by atoms with van der Waals surface area (Å²) in [5, 5.41) is 11.2. The van der Waals surface area contributed by atoms with E-state index in [0.717, 1.165) is 16.7 Å². The molecule has 200 valence electrons. The summed E-state index contributed by atoms with van der Waals surface area (Å²) in [6.45, 7) is 3.83. The van der Waals surface area contributed by atoms with E-state index in [1.807, 2.05) is 84.9 Å². The van der Waals surface area contributed by atoms with Crippen molar-refractivity contribution >= 4 is 0 Å². The number of nitrogens with zero attached hydrogens (tertiary/aromatic N) is 1. The van der Waals surface area contributed by atoms with Crippen LogP contribution in [0.4, 0.5) is 0 Å². The van der Waals surface area contributed by atoms with Gasteiger partial charge in [0.1, 0.15) is 23.7 Å². The van der Waals surface area contributed by atoms with Gasteiger partial charge < -0.3 is 19.3 Å². The summed E-state index contributed by atoms with van der Waals surface area (Å²) in [7, 11) is 1.62. The van der Waals surface area contributed by atoms with Gasteiger partial charge in [-0.15, -0.1) is 6.58 Å². The molecule has 0 amide bonds. The molecule has 1 saturated heterocycles. The lowest BCUT2D eigenvalue weighted by Gasteiger charge is -2.37. The van der Waals surface area contributed by atoms with Crippen molar-refractivity contribution in [2.75, 3.05) is 13.7 Å². The van der Waals surface area contributed by atoms with Gasteiger partial charge in [-0.2, -0.15) is 0 Å². The van der Waals surface area contributed by atoms with E-state index < -0.39 is 41.2 Å². The van der Waals surface area contributed by atoms with Crippen LogP contribution < -0.4 is 16.0 Å². The lowest BCUT2D eigenvalue weighted by atomic mass is 9.80. The van der Waals surface area contributed by atoms with Gasteiger partial charge in [-0.25, -0.2) is 4.79 Å². The van der Waals surface area contributed by atoms with Crippen molar-refractivity contribution in [2.24, 2.45) is 5.92 Å². The normalized spacial score (nSPS) is 21.0. The number of benzene rings is 3. The Morgan fingerprint density at radius 1 is 0.949 bits per heavy atom. The fraction of sp³-hybridized carbons (Fsp3) is 0.226. The molecule has 0 bridgehead atoms. The summed E-state index contributed by atoms with van der Waals surface area (Å²) in [5.41, 5.74) is 0.454. The zero-order valence-corrected chi connectivity index (χ0v) is 21.5. The van der Waals surface area contributed by atoms with Crippen molar-refractivity contribution in [3.05, 3.63) is 147 Å². The Morgan fingerprint density at radius 3 is 2.08 bits per heavy atom. The molecule has 0 spiro atoms. The highest BCUT2D eigenvalue weighted by molar-refractivity contribution is 5.48. The maximum atomic E-state index is 12.5. The van der Waals surface area contributed by atoms with E-state index in [0.29, 0.717) is 5.75 Å². The number of aromatic amines is 1. The van der Waals surface area contributed by atoms with Gasteiger partial charge in [-0.3, -0.25) is 14.3 Å². The minimum absolute atomic E-state index is 0.00404. The molecule has 4 aromatic rings. The predicted molar refractivity (Wildman–Crippen MR) is 147 cm³/mol. The van der Waals surface area contributed by atoms with Crippen molar-refractivity contribution in [3.63, 3.8) is 0 Å². The van der Waals surface area contributed by atoms with Crippen LogP contribution in [0.25, 0.3) is 0 Å². The average molecular weight is 527 g/mol. The molecule has 8 heteroatoms. The first kappa shape index (κ1) is 26.4.